The summed E-state index contributed by atoms with van der Waals surface area (Å²) in [6.45, 7) is 8.70. The minimum absolute atomic E-state index is 0.00492. The molecular weight excluding hydrogens is 322 g/mol. The Kier molecular flexibility index (Phi) is 4.81. The van der Waals surface area contributed by atoms with Crippen LogP contribution in [0.25, 0.3) is 11.0 Å². The number of morpholine rings is 1. The third-order valence-corrected chi connectivity index (χ3v) is 4.03. The topological polar surface area (TPSA) is 69.0 Å². The van der Waals surface area contributed by atoms with Crippen molar-refractivity contribution < 1.29 is 18.7 Å². The second-order valence-electron chi connectivity index (χ2n) is 6.77. The molecule has 0 aliphatic carbocycles. The van der Waals surface area contributed by atoms with Crippen molar-refractivity contribution in [2.45, 2.75) is 46.0 Å². The summed E-state index contributed by atoms with van der Waals surface area (Å²) in [5, 5.41) is 0.604. The van der Waals surface area contributed by atoms with E-state index in [1.54, 1.807) is 23.1 Å². The van der Waals surface area contributed by atoms with E-state index >= 15 is 0 Å². The summed E-state index contributed by atoms with van der Waals surface area (Å²) in [5.74, 6) is 0.418. The van der Waals surface area contributed by atoms with Gasteiger partial charge in [-0.15, -0.1) is 0 Å². The Balaban J connectivity index is 2.00. The first kappa shape index (κ1) is 17.5. The number of hydrogen-bond donors (Lipinski definition) is 0. The van der Waals surface area contributed by atoms with Crippen molar-refractivity contribution in [2.75, 3.05) is 13.1 Å². The van der Waals surface area contributed by atoms with Crippen LogP contribution in [0.3, 0.4) is 0 Å². The molecular formula is C19H23NO5. The second kappa shape index (κ2) is 6.88. The van der Waals surface area contributed by atoms with E-state index in [4.69, 9.17) is 13.9 Å². The van der Waals surface area contributed by atoms with E-state index in [2.05, 4.69) is 0 Å². The lowest BCUT2D eigenvalue weighted by Crippen LogP contribution is -2.48. The zero-order valence-corrected chi connectivity index (χ0v) is 14.9. The molecule has 25 heavy (non-hydrogen) atoms. The van der Waals surface area contributed by atoms with Crippen LogP contribution in [-0.2, 0) is 4.74 Å². The zero-order chi connectivity index (χ0) is 18.1. The Morgan fingerprint density at radius 1 is 1.20 bits per heavy atom. The van der Waals surface area contributed by atoms with Crippen LogP contribution in [0.2, 0.25) is 0 Å². The molecule has 1 aromatic carbocycles. The van der Waals surface area contributed by atoms with E-state index in [0.717, 1.165) is 0 Å². The SMILES string of the molecule is CC(C)Oc1ccc2c(C(=O)N3CC(C)OC(C)C3)cc(=O)oc2c1. The highest BCUT2D eigenvalue weighted by atomic mass is 16.5. The van der Waals surface area contributed by atoms with Crippen molar-refractivity contribution in [3.05, 3.63) is 40.2 Å². The number of ether oxygens (including phenoxy) is 2. The summed E-state index contributed by atoms with van der Waals surface area (Å²) in [4.78, 5) is 26.7. The summed E-state index contributed by atoms with van der Waals surface area (Å²) < 4.78 is 16.6. The Bertz CT molecular complexity index is 831. The molecule has 2 heterocycles. The van der Waals surface area contributed by atoms with Crippen molar-refractivity contribution >= 4 is 16.9 Å². The largest absolute Gasteiger partial charge is 0.491 e. The third-order valence-electron chi connectivity index (χ3n) is 4.03. The normalized spacial score (nSPS) is 20.9. The van der Waals surface area contributed by atoms with E-state index in [9.17, 15) is 9.59 Å². The van der Waals surface area contributed by atoms with Crippen LogP contribution in [0.4, 0.5) is 0 Å². The number of benzene rings is 1. The first-order valence-electron chi connectivity index (χ1n) is 8.53. The minimum Gasteiger partial charge on any atom is -0.491 e. The van der Waals surface area contributed by atoms with Gasteiger partial charge >= 0.3 is 5.63 Å². The lowest BCUT2D eigenvalue weighted by Gasteiger charge is -2.35. The van der Waals surface area contributed by atoms with Crippen LogP contribution in [0.5, 0.6) is 5.75 Å². The second-order valence-corrected chi connectivity index (χ2v) is 6.77. The number of hydrogen-bond acceptors (Lipinski definition) is 5. The highest BCUT2D eigenvalue weighted by Gasteiger charge is 2.28. The van der Waals surface area contributed by atoms with Crippen molar-refractivity contribution in [1.29, 1.82) is 0 Å². The Labute approximate surface area is 146 Å². The van der Waals surface area contributed by atoms with E-state index in [0.29, 0.717) is 35.4 Å². The minimum atomic E-state index is -0.549. The molecule has 0 N–H and O–H groups in total. The predicted molar refractivity (Wildman–Crippen MR) is 94.2 cm³/mol. The molecule has 1 aliphatic heterocycles. The monoisotopic (exact) mass is 345 g/mol. The van der Waals surface area contributed by atoms with E-state index in [1.165, 1.54) is 6.07 Å². The molecule has 6 nitrogen and oxygen atoms in total. The molecule has 6 heteroatoms. The van der Waals surface area contributed by atoms with Gasteiger partial charge in [0.25, 0.3) is 5.91 Å². The third kappa shape index (κ3) is 3.85. The average Bonchev–Trinajstić information content (AvgIpc) is 2.51. The average molecular weight is 345 g/mol. The molecule has 2 aromatic rings. The van der Waals surface area contributed by atoms with Crippen LogP contribution in [-0.4, -0.2) is 42.2 Å². The molecule has 0 radical (unpaired) electrons. The van der Waals surface area contributed by atoms with Gasteiger partial charge in [-0.25, -0.2) is 4.79 Å². The van der Waals surface area contributed by atoms with Crippen molar-refractivity contribution in [3.63, 3.8) is 0 Å². The molecule has 2 unspecified atom stereocenters. The Morgan fingerprint density at radius 3 is 2.52 bits per heavy atom. The standard InChI is InChI=1S/C19H23NO5/c1-11(2)23-14-5-6-15-16(8-18(21)25-17(15)7-14)19(22)20-9-12(3)24-13(4)10-20/h5-8,11-13H,9-10H2,1-4H3. The summed E-state index contributed by atoms with van der Waals surface area (Å²) >= 11 is 0. The number of carbonyl (C=O) groups is 1. The molecule has 0 saturated carbocycles. The van der Waals surface area contributed by atoms with Gasteiger partial charge in [0.05, 0.1) is 23.9 Å². The number of amides is 1. The van der Waals surface area contributed by atoms with Gasteiger partial charge in [-0.2, -0.15) is 0 Å². The Morgan fingerprint density at radius 2 is 1.88 bits per heavy atom. The van der Waals surface area contributed by atoms with Gasteiger partial charge < -0.3 is 18.8 Å². The van der Waals surface area contributed by atoms with Crippen LogP contribution in [0.15, 0.2) is 33.5 Å². The van der Waals surface area contributed by atoms with Crippen molar-refractivity contribution in [2.24, 2.45) is 0 Å². The van der Waals surface area contributed by atoms with Crippen LogP contribution in [0, 0.1) is 0 Å². The van der Waals surface area contributed by atoms with E-state index < -0.39 is 5.63 Å². The zero-order valence-electron chi connectivity index (χ0n) is 14.9. The molecule has 2 atom stereocenters. The highest BCUT2D eigenvalue weighted by molar-refractivity contribution is 6.05. The van der Waals surface area contributed by atoms with Crippen molar-refractivity contribution in [1.82, 2.24) is 4.90 Å². The van der Waals surface area contributed by atoms with Gasteiger partial charge in [-0.3, -0.25) is 4.79 Å². The number of nitrogens with zero attached hydrogens (tertiary/aromatic N) is 1. The maximum absolute atomic E-state index is 13.0. The molecule has 134 valence electrons. The molecule has 1 fully saturated rings. The summed E-state index contributed by atoms with van der Waals surface area (Å²) in [7, 11) is 0. The smallest absolute Gasteiger partial charge is 0.337 e. The van der Waals surface area contributed by atoms with E-state index in [-0.39, 0.29) is 24.2 Å². The molecule has 0 spiro atoms. The maximum Gasteiger partial charge on any atom is 0.337 e. The maximum atomic E-state index is 13.0. The van der Waals surface area contributed by atoms with Gasteiger partial charge in [0.2, 0.25) is 0 Å². The Hall–Kier alpha value is -2.34. The summed E-state index contributed by atoms with van der Waals surface area (Å²) in [6, 6.07) is 6.46. The van der Waals surface area contributed by atoms with E-state index in [1.807, 2.05) is 27.7 Å². The van der Waals surface area contributed by atoms with Gasteiger partial charge in [-0.05, 0) is 39.8 Å². The first-order chi connectivity index (χ1) is 11.8. The fourth-order valence-corrected chi connectivity index (χ4v) is 3.18. The quantitative estimate of drug-likeness (QED) is 0.800. The fourth-order valence-electron chi connectivity index (χ4n) is 3.18. The van der Waals surface area contributed by atoms with Crippen LogP contribution in [0.1, 0.15) is 38.1 Å². The van der Waals surface area contributed by atoms with Crippen LogP contribution >= 0.6 is 0 Å². The van der Waals surface area contributed by atoms with Crippen molar-refractivity contribution in [3.8, 4) is 5.75 Å². The summed E-state index contributed by atoms with van der Waals surface area (Å²) in [5.41, 5.74) is 0.152. The summed E-state index contributed by atoms with van der Waals surface area (Å²) in [6.07, 6.45) is -0.0689. The molecule has 1 aromatic heterocycles. The van der Waals surface area contributed by atoms with Gasteiger partial charge in [0.1, 0.15) is 11.3 Å². The lowest BCUT2D eigenvalue weighted by atomic mass is 10.1. The van der Waals surface area contributed by atoms with Gasteiger partial charge in [-0.1, -0.05) is 0 Å². The molecule has 3 rings (SSSR count). The number of rotatable bonds is 3. The van der Waals surface area contributed by atoms with Gasteiger partial charge in [0.15, 0.2) is 0 Å². The van der Waals surface area contributed by atoms with Gasteiger partial charge in [0, 0.05) is 30.6 Å². The molecule has 1 aliphatic rings. The molecule has 1 amide bonds. The highest BCUT2D eigenvalue weighted by Crippen LogP contribution is 2.25. The van der Waals surface area contributed by atoms with Crippen LogP contribution < -0.4 is 10.4 Å². The predicted octanol–water partition coefficient (Wildman–Crippen LogP) is 2.83. The molecule has 1 saturated heterocycles. The first-order valence-corrected chi connectivity index (χ1v) is 8.53. The molecule has 0 bridgehead atoms. The fraction of sp³-hybridized carbons (Fsp3) is 0.474. The number of carbonyl (C=O) groups excluding carboxylic acids is 1. The number of fused-ring (bicyclic) bond motifs is 1. The lowest BCUT2D eigenvalue weighted by molar-refractivity contribution is -0.0585.